The first-order valence-electron chi connectivity index (χ1n) is 16.7. The highest BCUT2D eigenvalue weighted by Crippen LogP contribution is 2.30. The van der Waals surface area contributed by atoms with Gasteiger partial charge >= 0.3 is 12.0 Å². The molecule has 0 atom stereocenters. The number of aryl methyl sites for hydroxylation is 2. The number of rotatable bonds is 13. The standard InChI is InChI=1S/C39H42N4O6S/c1-3-29-9-7-8-12-35(29)42-50(48,49)36-25-33(20-13-27(36)2)41-39(47)43(34-21-18-31(19-22-34)30-10-5-4-6-11-30)26-28-14-16-32(17-15-28)38(46)40-24-23-37(44)45/h7-10,12-22,25,42H,3-6,11,23-24,26H2,1-2H3,(H,40,46)(H,41,47)(H,44,45). The zero-order chi connectivity index (χ0) is 35.7. The maximum atomic E-state index is 14.0. The SMILES string of the molecule is CCc1ccccc1NS(=O)(=O)c1cc(NC(=O)N(Cc2ccc(C(=O)NCCC(=O)O)cc2)c2ccc(C3=CCCCC3)cc2)ccc1C. The van der Waals surface area contributed by atoms with Crippen LogP contribution in [0.4, 0.5) is 21.9 Å². The van der Waals surface area contributed by atoms with Gasteiger partial charge in [-0.1, -0.05) is 61.5 Å². The molecule has 0 unspecified atom stereocenters. The summed E-state index contributed by atoms with van der Waals surface area (Å²) >= 11 is 0. The van der Waals surface area contributed by atoms with E-state index >= 15 is 0 Å². The van der Waals surface area contributed by atoms with E-state index < -0.39 is 27.9 Å². The Kier molecular flexibility index (Phi) is 11.7. The minimum absolute atomic E-state index is 0.0148. The summed E-state index contributed by atoms with van der Waals surface area (Å²) in [7, 11) is -3.97. The highest BCUT2D eigenvalue weighted by Gasteiger charge is 2.22. The first kappa shape index (κ1) is 35.9. The third kappa shape index (κ3) is 9.17. The van der Waals surface area contributed by atoms with E-state index in [-0.39, 0.29) is 24.4 Å². The lowest BCUT2D eigenvalue weighted by molar-refractivity contribution is -0.136. The van der Waals surface area contributed by atoms with Crippen LogP contribution in [0.25, 0.3) is 5.57 Å². The molecule has 0 saturated heterocycles. The van der Waals surface area contributed by atoms with Crippen molar-refractivity contribution in [1.82, 2.24) is 5.32 Å². The van der Waals surface area contributed by atoms with Crippen LogP contribution >= 0.6 is 0 Å². The maximum absolute atomic E-state index is 14.0. The molecule has 1 aliphatic rings. The van der Waals surface area contributed by atoms with Gasteiger partial charge in [-0.3, -0.25) is 19.2 Å². The van der Waals surface area contributed by atoms with Crippen molar-refractivity contribution in [3.8, 4) is 0 Å². The Hall–Kier alpha value is -5.42. The van der Waals surface area contributed by atoms with Gasteiger partial charge in [-0.15, -0.1) is 0 Å². The van der Waals surface area contributed by atoms with Crippen molar-refractivity contribution in [3.05, 3.63) is 125 Å². The molecule has 1 aliphatic carbocycles. The number of hydrogen-bond acceptors (Lipinski definition) is 5. The first-order valence-corrected chi connectivity index (χ1v) is 18.2. The lowest BCUT2D eigenvalue weighted by Gasteiger charge is -2.24. The van der Waals surface area contributed by atoms with Gasteiger partial charge in [0.25, 0.3) is 15.9 Å². The maximum Gasteiger partial charge on any atom is 0.326 e. The number of nitrogens with one attached hydrogen (secondary N) is 3. The molecule has 4 aromatic rings. The number of para-hydroxylation sites is 1. The number of hydrogen-bond donors (Lipinski definition) is 4. The summed E-state index contributed by atoms with van der Waals surface area (Å²) in [5.74, 6) is -1.39. The van der Waals surface area contributed by atoms with Crippen LogP contribution in [0.1, 0.15) is 71.6 Å². The van der Waals surface area contributed by atoms with Crippen LogP contribution in [0.5, 0.6) is 0 Å². The lowest BCUT2D eigenvalue weighted by atomic mass is 9.93. The van der Waals surface area contributed by atoms with Gasteiger partial charge in [-0.2, -0.15) is 0 Å². The number of benzene rings is 4. The first-order chi connectivity index (χ1) is 24.0. The van der Waals surface area contributed by atoms with E-state index in [0.29, 0.717) is 34.6 Å². The minimum atomic E-state index is -3.97. The van der Waals surface area contributed by atoms with Crippen molar-refractivity contribution in [2.45, 2.75) is 63.8 Å². The van der Waals surface area contributed by atoms with Crippen LogP contribution in [0.15, 0.2) is 102 Å². The number of sulfonamides is 1. The number of carboxylic acid groups (broad SMARTS) is 1. The zero-order valence-electron chi connectivity index (χ0n) is 28.2. The fraction of sp³-hybridized carbons (Fsp3) is 0.256. The molecule has 0 radical (unpaired) electrons. The molecule has 50 heavy (non-hydrogen) atoms. The number of carbonyl (C=O) groups is 3. The molecule has 0 aliphatic heterocycles. The van der Waals surface area contributed by atoms with Crippen LogP contribution < -0.4 is 20.3 Å². The molecule has 0 aromatic heterocycles. The molecule has 10 nitrogen and oxygen atoms in total. The van der Waals surface area contributed by atoms with Crippen molar-refractivity contribution in [3.63, 3.8) is 0 Å². The van der Waals surface area contributed by atoms with E-state index in [9.17, 15) is 22.8 Å². The molecule has 4 aromatic carbocycles. The predicted molar refractivity (Wildman–Crippen MR) is 197 cm³/mol. The Labute approximate surface area is 293 Å². The molecule has 0 fully saturated rings. The Morgan fingerprint density at radius 2 is 1.64 bits per heavy atom. The van der Waals surface area contributed by atoms with Crippen LogP contribution in [-0.2, 0) is 27.8 Å². The normalized spacial score (nSPS) is 12.8. The summed E-state index contributed by atoms with van der Waals surface area (Å²) in [5.41, 5.74) is 6.36. The summed E-state index contributed by atoms with van der Waals surface area (Å²) in [6.45, 7) is 3.83. The largest absolute Gasteiger partial charge is 0.481 e. The summed E-state index contributed by atoms with van der Waals surface area (Å²) < 4.78 is 29.8. The molecule has 4 N–H and O–H groups in total. The van der Waals surface area contributed by atoms with Crippen LogP contribution in [0.2, 0.25) is 0 Å². The number of aliphatic carboxylic acids is 1. The third-order valence-electron chi connectivity index (χ3n) is 8.64. The van der Waals surface area contributed by atoms with Crippen molar-refractivity contribution >= 4 is 50.6 Å². The number of anilines is 3. The fourth-order valence-corrected chi connectivity index (χ4v) is 7.22. The molecule has 3 amide bonds. The smallest absolute Gasteiger partial charge is 0.326 e. The van der Waals surface area contributed by atoms with Crippen molar-refractivity contribution in [1.29, 1.82) is 0 Å². The number of amides is 3. The van der Waals surface area contributed by atoms with E-state index in [1.165, 1.54) is 18.1 Å². The van der Waals surface area contributed by atoms with Gasteiger partial charge < -0.3 is 15.7 Å². The average Bonchev–Trinajstić information content (AvgIpc) is 3.12. The highest BCUT2D eigenvalue weighted by atomic mass is 32.2. The number of carbonyl (C=O) groups excluding carboxylic acids is 2. The molecule has 260 valence electrons. The molecule has 0 bridgehead atoms. The molecular weight excluding hydrogens is 653 g/mol. The zero-order valence-corrected chi connectivity index (χ0v) is 29.1. The second-order valence-corrected chi connectivity index (χ2v) is 13.9. The molecule has 0 heterocycles. The molecule has 0 spiro atoms. The second kappa shape index (κ2) is 16.3. The van der Waals surface area contributed by atoms with Crippen molar-refractivity contribution in [2.24, 2.45) is 0 Å². The Balaban J connectivity index is 1.39. The van der Waals surface area contributed by atoms with Gasteiger partial charge in [0.2, 0.25) is 0 Å². The van der Waals surface area contributed by atoms with Gasteiger partial charge in [-0.25, -0.2) is 13.2 Å². The third-order valence-corrected chi connectivity index (χ3v) is 10.1. The van der Waals surface area contributed by atoms with Crippen molar-refractivity contribution in [2.75, 3.05) is 21.5 Å². The van der Waals surface area contributed by atoms with Crippen LogP contribution in [0, 0.1) is 6.92 Å². The molecular formula is C39H42N4O6S. The van der Waals surface area contributed by atoms with Gasteiger partial charge in [-0.05, 0) is 109 Å². The molecule has 11 heteroatoms. The van der Waals surface area contributed by atoms with Crippen LogP contribution in [0.3, 0.4) is 0 Å². The number of carboxylic acids is 1. The topological polar surface area (TPSA) is 145 Å². The fourth-order valence-electron chi connectivity index (χ4n) is 5.85. The van der Waals surface area contributed by atoms with E-state index in [0.717, 1.165) is 36.0 Å². The van der Waals surface area contributed by atoms with Gasteiger partial charge in [0.05, 0.1) is 23.5 Å². The van der Waals surface area contributed by atoms with E-state index in [2.05, 4.69) is 21.4 Å². The van der Waals surface area contributed by atoms with Gasteiger partial charge in [0, 0.05) is 23.5 Å². The summed E-state index contributed by atoms with van der Waals surface area (Å²) in [6, 6.07) is 26.1. The summed E-state index contributed by atoms with van der Waals surface area (Å²) in [5, 5.41) is 14.3. The molecule has 0 saturated carbocycles. The predicted octanol–water partition coefficient (Wildman–Crippen LogP) is 7.76. The van der Waals surface area contributed by atoms with Gasteiger partial charge in [0.15, 0.2) is 0 Å². The van der Waals surface area contributed by atoms with Gasteiger partial charge in [0.1, 0.15) is 0 Å². The monoisotopic (exact) mass is 694 g/mol. The van der Waals surface area contributed by atoms with Crippen molar-refractivity contribution < 1.29 is 27.9 Å². The lowest BCUT2D eigenvalue weighted by Crippen LogP contribution is -2.34. The number of nitrogens with zero attached hydrogens (tertiary/aromatic N) is 1. The number of allylic oxidation sites excluding steroid dienone is 2. The van der Waals surface area contributed by atoms with E-state index in [1.807, 2.05) is 43.3 Å². The highest BCUT2D eigenvalue weighted by molar-refractivity contribution is 7.92. The Morgan fingerprint density at radius 1 is 0.900 bits per heavy atom. The van der Waals surface area contributed by atoms with E-state index in [4.69, 9.17) is 5.11 Å². The second-order valence-electron chi connectivity index (χ2n) is 12.2. The summed E-state index contributed by atoms with van der Waals surface area (Å²) in [4.78, 5) is 38.9. The quantitative estimate of drug-likeness (QED) is 0.113. The van der Waals surface area contributed by atoms with E-state index in [1.54, 1.807) is 60.4 Å². The summed E-state index contributed by atoms with van der Waals surface area (Å²) in [6.07, 6.45) is 7.13. The average molecular weight is 695 g/mol. The molecule has 5 rings (SSSR count). The van der Waals surface area contributed by atoms with Crippen LogP contribution in [-0.4, -0.2) is 38.0 Å². The Bertz CT molecular complexity index is 1990. The Morgan fingerprint density at radius 3 is 2.32 bits per heavy atom. The number of urea groups is 1. The minimum Gasteiger partial charge on any atom is -0.481 e.